The second kappa shape index (κ2) is 5.63. The number of carbonyl (C=O) groups is 1. The van der Waals surface area contributed by atoms with Crippen LogP contribution in [0.3, 0.4) is 0 Å². The van der Waals surface area contributed by atoms with Crippen molar-refractivity contribution in [2.24, 2.45) is 0 Å². The Bertz CT molecular complexity index is 613. The summed E-state index contributed by atoms with van der Waals surface area (Å²) >= 11 is 0. The fourth-order valence-corrected chi connectivity index (χ4v) is 2.29. The van der Waals surface area contributed by atoms with Crippen LogP contribution in [-0.4, -0.2) is 28.3 Å². The van der Waals surface area contributed by atoms with E-state index in [1.165, 1.54) is 0 Å². The Morgan fingerprint density at radius 2 is 2.00 bits per heavy atom. The van der Waals surface area contributed by atoms with Crippen molar-refractivity contribution in [3.8, 4) is 0 Å². The van der Waals surface area contributed by atoms with Gasteiger partial charge in [0.15, 0.2) is 5.82 Å². The van der Waals surface area contributed by atoms with Gasteiger partial charge in [-0.05, 0) is 32.8 Å². The number of alkyl halides is 3. The van der Waals surface area contributed by atoms with Crippen LogP contribution in [-0.2, 0) is 11.7 Å². The van der Waals surface area contributed by atoms with Gasteiger partial charge in [0.05, 0.1) is 28.5 Å². The second-order valence-electron chi connectivity index (χ2n) is 6.30. The van der Waals surface area contributed by atoms with E-state index >= 15 is 0 Å². The number of nitrogens with zero attached hydrogens (tertiary/aromatic N) is 1. The first kappa shape index (κ1) is 17.5. The van der Waals surface area contributed by atoms with E-state index in [-0.39, 0.29) is 12.2 Å². The predicted molar refractivity (Wildman–Crippen MR) is 73.4 cm³/mol. The number of hydrogen-bond donors (Lipinski definition) is 3. The largest absolute Gasteiger partial charge is 0.465 e. The second-order valence-corrected chi connectivity index (χ2v) is 6.30. The highest BCUT2D eigenvalue weighted by Crippen LogP contribution is 2.46. The number of nitrogens with one attached hydrogen (secondary N) is 2. The summed E-state index contributed by atoms with van der Waals surface area (Å²) in [5, 5.41) is 14.1. The molecule has 5 nitrogen and oxygen atoms in total. The van der Waals surface area contributed by atoms with Gasteiger partial charge in [-0.25, -0.2) is 9.18 Å². The Labute approximate surface area is 130 Å². The molecule has 2 rings (SSSR count). The van der Waals surface area contributed by atoms with Gasteiger partial charge < -0.3 is 15.7 Å². The fourth-order valence-electron chi connectivity index (χ4n) is 2.29. The summed E-state index contributed by atoms with van der Waals surface area (Å²) in [7, 11) is 0. The predicted octanol–water partition coefficient (Wildman–Crippen LogP) is 2.86. The normalized spacial score (nSPS) is 17.0. The number of aromatic nitrogens is 1. The third-order valence-corrected chi connectivity index (χ3v) is 3.72. The van der Waals surface area contributed by atoms with Crippen LogP contribution in [0, 0.1) is 5.82 Å². The highest BCUT2D eigenvalue weighted by molar-refractivity contribution is 5.65. The maximum absolute atomic E-state index is 13.3. The number of hydrogen-bond acceptors (Lipinski definition) is 3. The number of carboxylic acid groups (broad SMARTS) is 1. The van der Waals surface area contributed by atoms with Crippen molar-refractivity contribution in [2.75, 3.05) is 6.54 Å². The quantitative estimate of drug-likeness (QED) is 0.724. The van der Waals surface area contributed by atoms with E-state index in [0.29, 0.717) is 25.1 Å². The van der Waals surface area contributed by atoms with Gasteiger partial charge in [-0.2, -0.15) is 13.2 Å². The van der Waals surface area contributed by atoms with Crippen LogP contribution in [0.4, 0.5) is 22.4 Å². The van der Waals surface area contributed by atoms with Crippen molar-refractivity contribution in [3.63, 3.8) is 0 Å². The highest BCUT2D eigenvalue weighted by atomic mass is 19.4. The minimum Gasteiger partial charge on any atom is -0.465 e. The average molecular weight is 335 g/mol. The third-order valence-electron chi connectivity index (χ3n) is 3.72. The number of rotatable bonds is 5. The van der Waals surface area contributed by atoms with Crippen LogP contribution in [0.2, 0.25) is 0 Å². The van der Waals surface area contributed by atoms with Crippen LogP contribution in [0.15, 0.2) is 12.3 Å². The van der Waals surface area contributed by atoms with Gasteiger partial charge in [0.1, 0.15) is 0 Å². The third kappa shape index (κ3) is 4.10. The molecule has 0 atom stereocenters. The molecule has 128 valence electrons. The summed E-state index contributed by atoms with van der Waals surface area (Å²) < 4.78 is 51.7. The molecule has 0 unspecified atom stereocenters. The summed E-state index contributed by atoms with van der Waals surface area (Å²) in [6.45, 7) is 3.48. The molecule has 1 saturated carbocycles. The minimum absolute atomic E-state index is 0.109. The summed E-state index contributed by atoms with van der Waals surface area (Å²) in [6, 6.07) is 0.715. The molecular weight excluding hydrogens is 318 g/mol. The zero-order valence-electron chi connectivity index (χ0n) is 12.6. The standard InChI is InChI=1S/C14H17F4N3O2/c1-12(2,21-11(22)23)7-20-13(3-4-13)10-5-8(14(16,17)18)9(15)6-19-10/h5-6,20-21H,3-4,7H2,1-2H3,(H,22,23). The highest BCUT2D eigenvalue weighted by Gasteiger charge is 2.47. The molecule has 1 aromatic rings. The first-order valence-corrected chi connectivity index (χ1v) is 6.95. The number of amides is 1. The molecule has 1 fully saturated rings. The van der Waals surface area contributed by atoms with Gasteiger partial charge in [-0.3, -0.25) is 4.98 Å². The van der Waals surface area contributed by atoms with Crippen molar-refractivity contribution in [1.29, 1.82) is 0 Å². The average Bonchev–Trinajstić information content (AvgIpc) is 3.15. The molecule has 0 spiro atoms. The Balaban J connectivity index is 2.17. The van der Waals surface area contributed by atoms with E-state index in [2.05, 4.69) is 15.6 Å². The van der Waals surface area contributed by atoms with Crippen molar-refractivity contribution in [2.45, 2.75) is 43.9 Å². The number of halogens is 4. The van der Waals surface area contributed by atoms with Crippen molar-refractivity contribution in [1.82, 2.24) is 15.6 Å². The molecule has 0 aromatic carbocycles. The zero-order chi connectivity index (χ0) is 17.5. The SMILES string of the molecule is CC(C)(CNC1(c2cc(C(F)(F)F)c(F)cn2)CC1)NC(=O)O. The lowest BCUT2D eigenvalue weighted by Gasteiger charge is -2.28. The topological polar surface area (TPSA) is 74.2 Å². The maximum Gasteiger partial charge on any atom is 0.419 e. The summed E-state index contributed by atoms with van der Waals surface area (Å²) in [5.41, 5.74) is -2.82. The van der Waals surface area contributed by atoms with Crippen molar-refractivity contribution in [3.05, 3.63) is 29.3 Å². The Morgan fingerprint density at radius 3 is 2.48 bits per heavy atom. The Hall–Kier alpha value is -1.90. The summed E-state index contributed by atoms with van der Waals surface area (Å²) in [6.07, 6.45) is -4.32. The van der Waals surface area contributed by atoms with E-state index in [9.17, 15) is 22.4 Å². The molecule has 1 amide bonds. The Morgan fingerprint density at radius 1 is 1.39 bits per heavy atom. The Kier molecular flexibility index (Phi) is 4.27. The molecule has 0 bridgehead atoms. The van der Waals surface area contributed by atoms with Gasteiger partial charge in [-0.15, -0.1) is 0 Å². The molecule has 0 aliphatic heterocycles. The van der Waals surface area contributed by atoms with E-state index in [0.717, 1.165) is 0 Å². The molecule has 1 heterocycles. The lowest BCUT2D eigenvalue weighted by molar-refractivity contribution is -0.140. The molecule has 3 N–H and O–H groups in total. The van der Waals surface area contributed by atoms with E-state index in [1.807, 2.05) is 0 Å². The molecule has 23 heavy (non-hydrogen) atoms. The first-order valence-electron chi connectivity index (χ1n) is 6.95. The minimum atomic E-state index is -4.79. The molecular formula is C14H17F4N3O2. The molecule has 9 heteroatoms. The van der Waals surface area contributed by atoms with E-state index in [1.54, 1.807) is 13.8 Å². The van der Waals surface area contributed by atoms with Crippen LogP contribution in [0.5, 0.6) is 0 Å². The van der Waals surface area contributed by atoms with Gasteiger partial charge in [0.2, 0.25) is 0 Å². The molecule has 0 saturated heterocycles. The van der Waals surface area contributed by atoms with Crippen LogP contribution in [0.1, 0.15) is 37.9 Å². The molecule has 0 radical (unpaired) electrons. The van der Waals surface area contributed by atoms with Gasteiger partial charge in [-0.1, -0.05) is 0 Å². The smallest absolute Gasteiger partial charge is 0.419 e. The van der Waals surface area contributed by atoms with Gasteiger partial charge >= 0.3 is 12.3 Å². The van der Waals surface area contributed by atoms with Crippen LogP contribution < -0.4 is 10.6 Å². The van der Waals surface area contributed by atoms with E-state index in [4.69, 9.17) is 5.11 Å². The zero-order valence-corrected chi connectivity index (χ0v) is 12.6. The fraction of sp³-hybridized carbons (Fsp3) is 0.571. The lowest BCUT2D eigenvalue weighted by atomic mass is 10.0. The van der Waals surface area contributed by atoms with Gasteiger partial charge in [0.25, 0.3) is 0 Å². The summed E-state index contributed by atoms with van der Waals surface area (Å²) in [5.74, 6) is -1.41. The van der Waals surface area contributed by atoms with Crippen molar-refractivity contribution >= 4 is 6.09 Å². The first-order chi connectivity index (χ1) is 10.5. The van der Waals surface area contributed by atoms with Crippen LogP contribution in [0.25, 0.3) is 0 Å². The maximum atomic E-state index is 13.3. The number of pyridine rings is 1. The van der Waals surface area contributed by atoms with Gasteiger partial charge in [0, 0.05) is 6.54 Å². The monoisotopic (exact) mass is 335 g/mol. The van der Waals surface area contributed by atoms with Crippen molar-refractivity contribution < 1.29 is 27.5 Å². The van der Waals surface area contributed by atoms with E-state index < -0.39 is 34.7 Å². The molecule has 1 aliphatic rings. The molecule has 1 aromatic heterocycles. The lowest BCUT2D eigenvalue weighted by Crippen LogP contribution is -2.52. The summed E-state index contributed by atoms with van der Waals surface area (Å²) in [4.78, 5) is 14.5. The molecule has 1 aliphatic carbocycles. The van der Waals surface area contributed by atoms with Crippen LogP contribution >= 0.6 is 0 Å².